The zero-order chi connectivity index (χ0) is 28.9. The number of hydrogen-bond donors (Lipinski definition) is 2. The first kappa shape index (κ1) is 30.0. The molecule has 3 aromatic rings. The highest BCUT2D eigenvalue weighted by molar-refractivity contribution is 7.13. The van der Waals surface area contributed by atoms with Crippen LogP contribution >= 0.6 is 46.1 Å². The van der Waals surface area contributed by atoms with Crippen LogP contribution in [0, 0.1) is 0 Å². The molecule has 5 rings (SSSR count). The van der Waals surface area contributed by atoms with Crippen molar-refractivity contribution in [2.24, 2.45) is 0 Å². The number of nitrogens with zero attached hydrogens (tertiary/aromatic N) is 4. The third-order valence-corrected chi connectivity index (χ3v) is 9.21. The number of carbonyl (C=O) groups excluding carboxylic acids is 2. The predicted octanol–water partition coefficient (Wildman–Crippen LogP) is 5.58. The number of amides is 2. The third-order valence-electron chi connectivity index (χ3n) is 7.20. The number of thiophene rings is 1. The van der Waals surface area contributed by atoms with E-state index >= 15 is 0 Å². The summed E-state index contributed by atoms with van der Waals surface area (Å²) < 4.78 is 5.52. The van der Waals surface area contributed by atoms with Crippen LogP contribution in [0.2, 0.25) is 15.1 Å². The van der Waals surface area contributed by atoms with E-state index in [1.54, 1.807) is 18.2 Å². The lowest BCUT2D eigenvalue weighted by molar-refractivity contribution is 0.102. The lowest BCUT2D eigenvalue weighted by Crippen LogP contribution is -2.45. The number of benzene rings is 1. The van der Waals surface area contributed by atoms with Crippen molar-refractivity contribution in [1.82, 2.24) is 14.8 Å². The molecule has 0 aliphatic carbocycles. The summed E-state index contributed by atoms with van der Waals surface area (Å²) in [5.74, 6) is -0.552. The predicted molar refractivity (Wildman–Crippen MR) is 166 cm³/mol. The number of halogens is 3. The Morgan fingerprint density at radius 2 is 1.68 bits per heavy atom. The summed E-state index contributed by atoms with van der Waals surface area (Å²) in [5, 5.41) is 8.94. The number of ether oxygens (including phenoxy) is 1. The Balaban J connectivity index is 1.41. The van der Waals surface area contributed by atoms with E-state index in [4.69, 9.17) is 39.5 Å². The number of rotatable bonds is 8. The smallest absolute Gasteiger partial charge is 0.267 e. The quantitative estimate of drug-likeness (QED) is 0.333. The number of pyridine rings is 1. The molecule has 13 heteroatoms. The molecule has 218 valence electrons. The zero-order valence-electron chi connectivity index (χ0n) is 22.6. The van der Waals surface area contributed by atoms with Crippen molar-refractivity contribution < 1.29 is 14.3 Å². The Labute approximate surface area is 258 Å². The topological polar surface area (TPSA) is 90.0 Å². The summed E-state index contributed by atoms with van der Waals surface area (Å²) in [7, 11) is 0. The van der Waals surface area contributed by atoms with Crippen LogP contribution in [-0.2, 0) is 11.3 Å². The van der Waals surface area contributed by atoms with Crippen molar-refractivity contribution in [3.8, 4) is 0 Å². The minimum Gasteiger partial charge on any atom is -0.378 e. The lowest BCUT2D eigenvalue weighted by Gasteiger charge is -2.33. The van der Waals surface area contributed by atoms with E-state index in [2.05, 4.69) is 32.3 Å². The van der Waals surface area contributed by atoms with Crippen LogP contribution in [0.4, 0.5) is 17.2 Å². The monoisotopic (exact) mass is 636 g/mol. The number of likely N-dealkylation sites (N-methyl/N-ethyl adjacent to an activating group) is 1. The average molecular weight is 638 g/mol. The molecule has 0 atom stereocenters. The second kappa shape index (κ2) is 13.7. The first-order valence-electron chi connectivity index (χ1n) is 13.4. The number of anilines is 3. The largest absolute Gasteiger partial charge is 0.378 e. The Morgan fingerprint density at radius 3 is 2.37 bits per heavy atom. The molecule has 41 heavy (non-hydrogen) atoms. The van der Waals surface area contributed by atoms with Gasteiger partial charge in [-0.05, 0) is 41.8 Å². The fraction of sp³-hybridized carbons (Fsp3) is 0.393. The van der Waals surface area contributed by atoms with E-state index < -0.39 is 11.8 Å². The van der Waals surface area contributed by atoms with E-state index in [1.807, 2.05) is 10.3 Å². The molecule has 2 N–H and O–H groups in total. The molecular weight excluding hydrogens is 607 g/mol. The van der Waals surface area contributed by atoms with Crippen LogP contribution in [0.15, 0.2) is 35.8 Å². The van der Waals surface area contributed by atoms with Crippen LogP contribution in [0.3, 0.4) is 0 Å². The molecule has 2 aliphatic heterocycles. The van der Waals surface area contributed by atoms with Crippen molar-refractivity contribution in [3.05, 3.63) is 66.9 Å². The van der Waals surface area contributed by atoms with E-state index in [0.29, 0.717) is 70.0 Å². The lowest BCUT2D eigenvalue weighted by atomic mass is 10.1. The van der Waals surface area contributed by atoms with Gasteiger partial charge in [0.1, 0.15) is 10.7 Å². The molecule has 2 aromatic heterocycles. The molecule has 2 fully saturated rings. The number of nitrogens with one attached hydrogen (secondary N) is 2. The standard InChI is InChI=1S/C28H31Cl3N6O3S/c1-2-35-5-7-36(8-6-35)16-18-17-41-26(24(18)31)28(39)34-25-21(27(38)33-23-4-3-19(29)15-32-23)13-20(30)14-22(25)37-9-11-40-12-10-37/h3-4,13-15,17H,2,5-12,16H2,1H3,(H,34,39)(H,32,33,38). The zero-order valence-corrected chi connectivity index (χ0v) is 25.7. The normalized spacial score (nSPS) is 16.5. The van der Waals surface area contributed by atoms with E-state index in [0.717, 1.165) is 38.3 Å². The number of morpholine rings is 1. The van der Waals surface area contributed by atoms with E-state index in [1.165, 1.54) is 23.6 Å². The Hall–Kier alpha value is -2.44. The van der Waals surface area contributed by atoms with Crippen LogP contribution < -0.4 is 15.5 Å². The number of piperazine rings is 1. The maximum atomic E-state index is 13.7. The molecule has 9 nitrogen and oxygen atoms in total. The SMILES string of the molecule is CCN1CCN(Cc2csc(C(=O)Nc3c(C(=O)Nc4ccc(Cl)cn4)cc(Cl)cc3N3CCOCC3)c2Cl)CC1. The van der Waals surface area contributed by atoms with Gasteiger partial charge in [-0.1, -0.05) is 41.7 Å². The summed E-state index contributed by atoms with van der Waals surface area (Å²) in [6, 6.07) is 6.51. The molecule has 1 aromatic carbocycles. The van der Waals surface area contributed by atoms with E-state index in [9.17, 15) is 9.59 Å². The van der Waals surface area contributed by atoms with E-state index in [-0.39, 0.29) is 5.56 Å². The molecule has 2 aliphatic rings. The summed E-state index contributed by atoms with van der Waals surface area (Å²) in [6.45, 7) is 10.0. The minimum atomic E-state index is -0.476. The van der Waals surface area contributed by atoms with Crippen LogP contribution in [0.1, 0.15) is 32.5 Å². The molecule has 2 saturated heterocycles. The van der Waals surface area contributed by atoms with Crippen molar-refractivity contribution in [3.63, 3.8) is 0 Å². The minimum absolute atomic E-state index is 0.200. The summed E-state index contributed by atoms with van der Waals surface area (Å²) >= 11 is 20.5. The molecule has 0 bridgehead atoms. The number of carbonyl (C=O) groups is 2. The summed E-state index contributed by atoms with van der Waals surface area (Å²) in [4.78, 5) is 38.5. The molecule has 4 heterocycles. The summed E-state index contributed by atoms with van der Waals surface area (Å²) in [6.07, 6.45) is 1.44. The molecule has 0 unspecified atom stereocenters. The maximum Gasteiger partial charge on any atom is 0.267 e. The Morgan fingerprint density at radius 1 is 0.951 bits per heavy atom. The van der Waals surface area contributed by atoms with Gasteiger partial charge in [0, 0.05) is 57.0 Å². The molecule has 0 spiro atoms. The third kappa shape index (κ3) is 7.32. The van der Waals surface area contributed by atoms with Gasteiger partial charge in [0.15, 0.2) is 0 Å². The van der Waals surface area contributed by atoms with Crippen molar-refractivity contribution in [2.45, 2.75) is 13.5 Å². The average Bonchev–Trinajstić information content (AvgIpc) is 3.35. The first-order chi connectivity index (χ1) is 19.8. The molecule has 0 radical (unpaired) electrons. The van der Waals surface area contributed by atoms with Gasteiger partial charge in [-0.15, -0.1) is 11.3 Å². The first-order valence-corrected chi connectivity index (χ1v) is 15.4. The van der Waals surface area contributed by atoms with Crippen LogP contribution in [-0.4, -0.2) is 85.6 Å². The summed E-state index contributed by atoms with van der Waals surface area (Å²) in [5.41, 5.74) is 2.09. The van der Waals surface area contributed by atoms with Crippen molar-refractivity contribution in [1.29, 1.82) is 0 Å². The van der Waals surface area contributed by atoms with Gasteiger partial charge in [0.2, 0.25) is 0 Å². The van der Waals surface area contributed by atoms with Gasteiger partial charge in [-0.2, -0.15) is 0 Å². The molecule has 0 saturated carbocycles. The fourth-order valence-corrected chi connectivity index (χ4v) is 6.47. The van der Waals surface area contributed by atoms with Crippen molar-refractivity contribution in [2.75, 3.05) is 74.6 Å². The highest BCUT2D eigenvalue weighted by Crippen LogP contribution is 2.37. The Bertz CT molecular complexity index is 1390. The highest BCUT2D eigenvalue weighted by Gasteiger charge is 2.26. The van der Waals surface area contributed by atoms with Gasteiger partial charge < -0.3 is 25.2 Å². The van der Waals surface area contributed by atoms with Gasteiger partial charge >= 0.3 is 0 Å². The van der Waals surface area contributed by atoms with Crippen LogP contribution in [0.25, 0.3) is 0 Å². The van der Waals surface area contributed by atoms with Gasteiger partial charge in [-0.25, -0.2) is 4.98 Å². The number of hydrogen-bond acceptors (Lipinski definition) is 8. The highest BCUT2D eigenvalue weighted by atomic mass is 35.5. The van der Waals surface area contributed by atoms with Gasteiger partial charge in [0.05, 0.1) is 40.2 Å². The maximum absolute atomic E-state index is 13.7. The second-order valence-corrected chi connectivity index (χ2v) is 12.0. The number of aromatic nitrogens is 1. The van der Waals surface area contributed by atoms with Crippen LogP contribution in [0.5, 0.6) is 0 Å². The second-order valence-electron chi connectivity index (χ2n) is 9.83. The van der Waals surface area contributed by atoms with Gasteiger partial charge in [-0.3, -0.25) is 14.5 Å². The fourth-order valence-electron chi connectivity index (χ4n) is 4.90. The van der Waals surface area contributed by atoms with Gasteiger partial charge in [0.25, 0.3) is 11.8 Å². The molecule has 2 amide bonds. The Kier molecular flexibility index (Phi) is 10.0. The molecular formula is C28H31Cl3N6O3S. The van der Waals surface area contributed by atoms with Crippen molar-refractivity contribution >= 4 is 75.1 Å².